The van der Waals surface area contributed by atoms with Crippen LogP contribution in [0, 0.1) is 0 Å². The molecule has 9 heteroatoms. The lowest BCUT2D eigenvalue weighted by Gasteiger charge is -2.36. The zero-order valence-electron chi connectivity index (χ0n) is 20.8. The molecular formula is C27H35N5O4. The van der Waals surface area contributed by atoms with Gasteiger partial charge in [0, 0.05) is 39.3 Å². The number of hydrogen-bond acceptors (Lipinski definition) is 6. The summed E-state index contributed by atoms with van der Waals surface area (Å²) in [5.74, 6) is -0.292. The third kappa shape index (κ3) is 7.13. The van der Waals surface area contributed by atoms with E-state index in [1.165, 1.54) is 0 Å². The maximum absolute atomic E-state index is 12.9. The Bertz CT molecular complexity index is 1030. The van der Waals surface area contributed by atoms with Crippen LogP contribution in [-0.4, -0.2) is 98.0 Å². The van der Waals surface area contributed by atoms with Crippen molar-refractivity contribution in [2.75, 3.05) is 70.9 Å². The number of morpholine rings is 1. The van der Waals surface area contributed by atoms with E-state index in [9.17, 15) is 14.4 Å². The van der Waals surface area contributed by atoms with Crippen molar-refractivity contribution >= 4 is 23.4 Å². The Balaban J connectivity index is 1.25. The summed E-state index contributed by atoms with van der Waals surface area (Å²) in [6, 6.07) is 16.6. The second-order valence-corrected chi connectivity index (χ2v) is 9.25. The summed E-state index contributed by atoms with van der Waals surface area (Å²) in [6.45, 7) is 7.97. The van der Waals surface area contributed by atoms with Crippen LogP contribution in [0.2, 0.25) is 0 Å². The molecule has 0 bridgehead atoms. The van der Waals surface area contributed by atoms with E-state index in [1.807, 2.05) is 47.1 Å². The Morgan fingerprint density at radius 2 is 1.47 bits per heavy atom. The van der Waals surface area contributed by atoms with Gasteiger partial charge in [-0.25, -0.2) is 0 Å². The Morgan fingerprint density at radius 1 is 0.833 bits per heavy atom. The molecule has 192 valence electrons. The van der Waals surface area contributed by atoms with Gasteiger partial charge in [-0.3, -0.25) is 24.2 Å². The topological polar surface area (TPSA) is 94.2 Å². The second kappa shape index (κ2) is 12.6. The summed E-state index contributed by atoms with van der Waals surface area (Å²) in [5.41, 5.74) is 1.92. The molecule has 0 spiro atoms. The quantitative estimate of drug-likeness (QED) is 0.580. The number of amides is 3. The largest absolute Gasteiger partial charge is 0.379 e. The average molecular weight is 494 g/mol. The Kier molecular flexibility index (Phi) is 9.05. The van der Waals surface area contributed by atoms with E-state index in [0.29, 0.717) is 57.2 Å². The number of anilines is 1. The van der Waals surface area contributed by atoms with Gasteiger partial charge in [-0.05, 0) is 24.6 Å². The maximum atomic E-state index is 12.9. The van der Waals surface area contributed by atoms with Crippen LogP contribution in [0.3, 0.4) is 0 Å². The highest BCUT2D eigenvalue weighted by atomic mass is 16.5. The average Bonchev–Trinajstić information content (AvgIpc) is 2.90. The first kappa shape index (κ1) is 25.8. The van der Waals surface area contributed by atoms with E-state index in [-0.39, 0.29) is 30.3 Å². The molecule has 9 nitrogen and oxygen atoms in total. The van der Waals surface area contributed by atoms with Crippen LogP contribution in [0.1, 0.15) is 28.9 Å². The number of carbonyl (C=O) groups is 3. The zero-order chi connectivity index (χ0) is 25.3. The van der Waals surface area contributed by atoms with Crippen LogP contribution in [0.15, 0.2) is 54.6 Å². The smallest absolute Gasteiger partial charge is 0.253 e. The molecule has 1 atom stereocenters. The minimum atomic E-state index is -0.241. The molecular weight excluding hydrogens is 458 g/mol. The number of para-hydroxylation sites is 1. The van der Waals surface area contributed by atoms with Crippen LogP contribution >= 0.6 is 0 Å². The highest BCUT2D eigenvalue weighted by Crippen LogP contribution is 2.18. The number of piperazine rings is 1. The molecule has 2 fully saturated rings. The van der Waals surface area contributed by atoms with Gasteiger partial charge in [0.25, 0.3) is 5.91 Å². The molecule has 2 heterocycles. The normalized spacial score (nSPS) is 17.9. The molecule has 3 amide bonds. The van der Waals surface area contributed by atoms with Crippen molar-refractivity contribution in [3.63, 3.8) is 0 Å². The molecule has 4 rings (SSSR count). The van der Waals surface area contributed by atoms with Gasteiger partial charge in [0.2, 0.25) is 11.8 Å². The van der Waals surface area contributed by atoms with Crippen molar-refractivity contribution in [1.82, 2.24) is 20.0 Å². The van der Waals surface area contributed by atoms with Gasteiger partial charge in [0.05, 0.1) is 43.6 Å². The van der Waals surface area contributed by atoms with Crippen molar-refractivity contribution in [2.24, 2.45) is 0 Å². The standard InChI is InChI=1S/C27H35N5O4/c1-21(22-7-3-2-4-8-22)28-27(35)23-9-5-6-10-24(23)29-25(33)19-30-11-13-32(14-12-30)26(34)20-31-15-17-36-18-16-31/h2-10,21H,11-20H2,1H3,(H,28,35)(H,29,33). The molecule has 2 aromatic carbocycles. The summed E-state index contributed by atoms with van der Waals surface area (Å²) in [4.78, 5) is 44.4. The number of benzene rings is 2. The lowest BCUT2D eigenvalue weighted by Crippen LogP contribution is -2.53. The third-order valence-electron chi connectivity index (χ3n) is 6.65. The molecule has 0 aliphatic carbocycles. The fraction of sp³-hybridized carbons (Fsp3) is 0.444. The molecule has 2 N–H and O–H groups in total. The molecule has 2 aliphatic heterocycles. The highest BCUT2D eigenvalue weighted by Gasteiger charge is 2.25. The number of carbonyl (C=O) groups excluding carboxylic acids is 3. The van der Waals surface area contributed by atoms with E-state index in [0.717, 1.165) is 18.7 Å². The molecule has 1 unspecified atom stereocenters. The molecule has 0 saturated carbocycles. The van der Waals surface area contributed by atoms with Gasteiger partial charge in [-0.15, -0.1) is 0 Å². The minimum absolute atomic E-state index is 0.130. The molecule has 0 radical (unpaired) electrons. The fourth-order valence-corrected chi connectivity index (χ4v) is 4.49. The summed E-state index contributed by atoms with van der Waals surface area (Å²) < 4.78 is 5.34. The minimum Gasteiger partial charge on any atom is -0.379 e. The van der Waals surface area contributed by atoms with E-state index in [1.54, 1.807) is 24.3 Å². The number of nitrogens with one attached hydrogen (secondary N) is 2. The van der Waals surface area contributed by atoms with E-state index in [2.05, 4.69) is 15.5 Å². The van der Waals surface area contributed by atoms with Gasteiger partial charge >= 0.3 is 0 Å². The van der Waals surface area contributed by atoms with Crippen LogP contribution in [0.25, 0.3) is 0 Å². The molecule has 0 aromatic heterocycles. The van der Waals surface area contributed by atoms with E-state index < -0.39 is 0 Å². The predicted octanol–water partition coefficient (Wildman–Crippen LogP) is 1.59. The zero-order valence-corrected chi connectivity index (χ0v) is 20.8. The van der Waals surface area contributed by atoms with Crippen molar-refractivity contribution in [2.45, 2.75) is 13.0 Å². The highest BCUT2D eigenvalue weighted by molar-refractivity contribution is 6.04. The monoisotopic (exact) mass is 493 g/mol. The number of hydrogen-bond donors (Lipinski definition) is 2. The van der Waals surface area contributed by atoms with E-state index >= 15 is 0 Å². The van der Waals surface area contributed by atoms with Crippen LogP contribution in [-0.2, 0) is 14.3 Å². The van der Waals surface area contributed by atoms with Crippen molar-refractivity contribution in [1.29, 1.82) is 0 Å². The van der Waals surface area contributed by atoms with Crippen molar-refractivity contribution in [3.8, 4) is 0 Å². The van der Waals surface area contributed by atoms with Gasteiger partial charge in [-0.2, -0.15) is 0 Å². The summed E-state index contributed by atoms with van der Waals surface area (Å²) in [6.07, 6.45) is 0. The first-order valence-corrected chi connectivity index (χ1v) is 12.5. The number of nitrogens with zero attached hydrogens (tertiary/aromatic N) is 3. The first-order chi connectivity index (χ1) is 17.5. The SMILES string of the molecule is CC(NC(=O)c1ccccc1NC(=O)CN1CCN(C(=O)CN2CCOCC2)CC1)c1ccccc1. The third-order valence-corrected chi connectivity index (χ3v) is 6.65. The van der Waals surface area contributed by atoms with Crippen molar-refractivity contribution in [3.05, 3.63) is 65.7 Å². The second-order valence-electron chi connectivity index (χ2n) is 9.25. The lowest BCUT2D eigenvalue weighted by atomic mass is 10.1. The van der Waals surface area contributed by atoms with Crippen LogP contribution < -0.4 is 10.6 Å². The maximum Gasteiger partial charge on any atom is 0.253 e. The van der Waals surface area contributed by atoms with Gasteiger partial charge < -0.3 is 20.3 Å². The first-order valence-electron chi connectivity index (χ1n) is 12.5. The molecule has 2 saturated heterocycles. The Labute approximate surface area is 212 Å². The van der Waals surface area contributed by atoms with Gasteiger partial charge in [0.15, 0.2) is 0 Å². The number of rotatable bonds is 8. The fourth-order valence-electron chi connectivity index (χ4n) is 4.49. The van der Waals surface area contributed by atoms with E-state index in [4.69, 9.17) is 4.74 Å². The van der Waals surface area contributed by atoms with Crippen LogP contribution in [0.4, 0.5) is 5.69 Å². The Morgan fingerprint density at radius 3 is 2.19 bits per heavy atom. The van der Waals surface area contributed by atoms with Crippen molar-refractivity contribution < 1.29 is 19.1 Å². The van der Waals surface area contributed by atoms with Gasteiger partial charge in [-0.1, -0.05) is 42.5 Å². The van der Waals surface area contributed by atoms with Crippen LogP contribution in [0.5, 0.6) is 0 Å². The molecule has 2 aliphatic rings. The lowest BCUT2D eigenvalue weighted by molar-refractivity contribution is -0.135. The Hall–Kier alpha value is -3.27. The summed E-state index contributed by atoms with van der Waals surface area (Å²) in [7, 11) is 0. The van der Waals surface area contributed by atoms with Gasteiger partial charge in [0.1, 0.15) is 0 Å². The molecule has 2 aromatic rings. The summed E-state index contributed by atoms with van der Waals surface area (Å²) in [5, 5.41) is 5.90. The predicted molar refractivity (Wildman–Crippen MR) is 138 cm³/mol. The number of ether oxygens (including phenoxy) is 1. The summed E-state index contributed by atoms with van der Waals surface area (Å²) >= 11 is 0. The molecule has 36 heavy (non-hydrogen) atoms.